The van der Waals surface area contributed by atoms with Crippen molar-refractivity contribution < 1.29 is 71.1 Å². The molecule has 0 radical (unpaired) electrons. The Morgan fingerprint density at radius 3 is 2.00 bits per heavy atom. The summed E-state index contributed by atoms with van der Waals surface area (Å²) < 4.78 is 0. The molecule has 0 spiro atoms. The minimum absolute atomic E-state index is 0. The molecule has 0 saturated heterocycles. The summed E-state index contributed by atoms with van der Waals surface area (Å²) in [4.78, 5) is 30.9. The van der Waals surface area contributed by atoms with Crippen LogP contribution in [0.4, 0.5) is 11.4 Å². The van der Waals surface area contributed by atoms with E-state index in [4.69, 9.17) is 0 Å². The number of rotatable bonds is 4. The van der Waals surface area contributed by atoms with Crippen LogP contribution in [-0.2, 0) is 10.5 Å². The standard InChI is InChI=1S/C8H6N6O6.K/c15-7(16)8(9-11-12-10-8)4-1-5(13(17)18)3-6(2-4)14(19)20;/h1-3H,(H,9,12)(H,10,11)(H,15,16);/q;+1/p-1. The Morgan fingerprint density at radius 1 is 1.14 bits per heavy atom. The van der Waals surface area contributed by atoms with Gasteiger partial charge in [0.25, 0.3) is 11.4 Å². The first-order valence-corrected chi connectivity index (χ1v) is 4.97. The van der Waals surface area contributed by atoms with Gasteiger partial charge in [0.1, 0.15) is 0 Å². The minimum Gasteiger partial charge on any atom is -0.545 e. The van der Waals surface area contributed by atoms with Crippen molar-refractivity contribution in [2.45, 2.75) is 5.66 Å². The van der Waals surface area contributed by atoms with E-state index in [-0.39, 0.29) is 56.9 Å². The van der Waals surface area contributed by atoms with Crippen molar-refractivity contribution >= 4 is 17.3 Å². The van der Waals surface area contributed by atoms with Gasteiger partial charge in [-0.2, -0.15) is 5.43 Å². The van der Waals surface area contributed by atoms with Crippen LogP contribution in [0.2, 0.25) is 0 Å². The predicted octanol–water partition coefficient (Wildman–Crippen LogP) is -4.12. The molecule has 2 rings (SSSR count). The number of nitro benzene ring substituents is 2. The fourth-order valence-electron chi connectivity index (χ4n) is 1.59. The first-order valence-electron chi connectivity index (χ1n) is 4.97. The van der Waals surface area contributed by atoms with Crippen molar-refractivity contribution in [1.29, 1.82) is 0 Å². The molecule has 0 bridgehead atoms. The van der Waals surface area contributed by atoms with Crippen molar-refractivity contribution in [3.8, 4) is 0 Å². The first kappa shape index (κ1) is 17.5. The van der Waals surface area contributed by atoms with Crippen LogP contribution in [0.3, 0.4) is 0 Å². The average molecular weight is 320 g/mol. The molecule has 1 atom stereocenters. The predicted molar refractivity (Wildman–Crippen MR) is 57.6 cm³/mol. The summed E-state index contributed by atoms with van der Waals surface area (Å²) in [6.07, 6.45) is 0. The molecule has 0 aromatic heterocycles. The monoisotopic (exact) mass is 320 g/mol. The van der Waals surface area contributed by atoms with Gasteiger partial charge in [-0.15, -0.1) is 5.11 Å². The molecule has 0 fully saturated rings. The molecule has 1 aromatic rings. The Balaban J connectivity index is 0.00000220. The van der Waals surface area contributed by atoms with Crippen LogP contribution >= 0.6 is 0 Å². The van der Waals surface area contributed by atoms with Crippen LogP contribution in [0.5, 0.6) is 0 Å². The van der Waals surface area contributed by atoms with Gasteiger partial charge < -0.3 is 9.90 Å². The zero-order valence-electron chi connectivity index (χ0n) is 10.5. The summed E-state index contributed by atoms with van der Waals surface area (Å²) in [6, 6.07) is 2.37. The average Bonchev–Trinajstić information content (AvgIpc) is 2.88. The van der Waals surface area contributed by atoms with Crippen LogP contribution in [-0.4, -0.2) is 15.8 Å². The second kappa shape index (κ2) is 6.50. The number of nitrogens with zero attached hydrogens (tertiary/aromatic N) is 4. The van der Waals surface area contributed by atoms with Crippen LogP contribution in [0, 0.1) is 20.2 Å². The molecule has 1 aliphatic heterocycles. The van der Waals surface area contributed by atoms with Crippen LogP contribution in [0.1, 0.15) is 5.56 Å². The molecule has 2 N–H and O–H groups in total. The molecule has 13 heteroatoms. The van der Waals surface area contributed by atoms with E-state index < -0.39 is 32.9 Å². The topological polar surface area (TPSA) is 175 Å². The summed E-state index contributed by atoms with van der Waals surface area (Å²) in [7, 11) is 0. The number of nitro groups is 2. The molecule has 1 aromatic carbocycles. The number of benzene rings is 1. The third kappa shape index (κ3) is 3.22. The molecule has 0 amide bonds. The van der Waals surface area contributed by atoms with Crippen molar-refractivity contribution in [3.05, 3.63) is 44.0 Å². The first-order chi connectivity index (χ1) is 9.36. The quantitative estimate of drug-likeness (QED) is 0.319. The van der Waals surface area contributed by atoms with Crippen molar-refractivity contribution in [3.63, 3.8) is 0 Å². The normalized spacial score (nSPS) is 19.4. The SMILES string of the molecule is O=C([O-])C1(c2cc([N+](=O)[O-])cc([N+](=O)[O-])c2)N=NNN1.[K+]. The molecular weight excluding hydrogens is 315 g/mol. The van der Waals surface area contributed by atoms with E-state index in [9.17, 15) is 30.1 Å². The molecule has 0 saturated carbocycles. The van der Waals surface area contributed by atoms with Gasteiger partial charge in [-0.05, 0) is 0 Å². The minimum atomic E-state index is -2.27. The number of non-ortho nitro benzene ring substituents is 2. The number of hydrogen-bond acceptors (Lipinski definition) is 10. The Hall–Kier alpha value is -1.51. The van der Waals surface area contributed by atoms with E-state index in [1.165, 1.54) is 0 Å². The number of hydrazine groups is 1. The Labute approximate surface area is 158 Å². The molecule has 0 aliphatic carbocycles. The molecular formula is C8H5KN6O6. The largest absolute Gasteiger partial charge is 1.00 e. The Bertz CT molecular complexity index is 618. The zero-order chi connectivity index (χ0) is 14.9. The van der Waals surface area contributed by atoms with Crippen molar-refractivity contribution in [2.24, 2.45) is 10.3 Å². The van der Waals surface area contributed by atoms with Crippen molar-refractivity contribution in [2.75, 3.05) is 0 Å². The second-order valence-corrected chi connectivity index (χ2v) is 3.69. The summed E-state index contributed by atoms with van der Waals surface area (Å²) in [5.74, 6) is -1.78. The summed E-state index contributed by atoms with van der Waals surface area (Å²) >= 11 is 0. The van der Waals surface area contributed by atoms with E-state index in [1.807, 2.05) is 5.53 Å². The molecule has 1 unspecified atom stereocenters. The van der Waals surface area contributed by atoms with Gasteiger partial charge in [0.05, 0.1) is 21.9 Å². The number of nitrogens with one attached hydrogen (secondary N) is 2. The number of carboxylic acids is 1. The number of carboxylic acid groups (broad SMARTS) is 1. The molecule has 1 aliphatic rings. The Kier molecular flexibility index (Phi) is 5.43. The maximum Gasteiger partial charge on any atom is 1.00 e. The van der Waals surface area contributed by atoms with Gasteiger partial charge in [0.2, 0.25) is 5.66 Å². The molecule has 12 nitrogen and oxygen atoms in total. The van der Waals surface area contributed by atoms with E-state index in [2.05, 4.69) is 15.8 Å². The van der Waals surface area contributed by atoms with Gasteiger partial charge in [-0.1, -0.05) is 5.22 Å². The summed E-state index contributed by atoms with van der Waals surface area (Å²) in [5.41, 5.74) is 0.236. The third-order valence-electron chi connectivity index (χ3n) is 2.52. The molecule has 104 valence electrons. The van der Waals surface area contributed by atoms with E-state index >= 15 is 0 Å². The molecule has 21 heavy (non-hydrogen) atoms. The van der Waals surface area contributed by atoms with Gasteiger partial charge >= 0.3 is 51.4 Å². The van der Waals surface area contributed by atoms with E-state index in [0.717, 1.165) is 12.1 Å². The number of aliphatic carboxylic acids is 1. The van der Waals surface area contributed by atoms with E-state index in [0.29, 0.717) is 6.07 Å². The fraction of sp³-hybridized carbons (Fsp3) is 0.125. The smallest absolute Gasteiger partial charge is 0.545 e. The Morgan fingerprint density at radius 2 is 1.67 bits per heavy atom. The third-order valence-corrected chi connectivity index (χ3v) is 2.52. The second-order valence-electron chi connectivity index (χ2n) is 3.69. The summed E-state index contributed by atoms with van der Waals surface area (Å²) in [5, 5.41) is 39.2. The van der Waals surface area contributed by atoms with Gasteiger partial charge in [-0.3, -0.25) is 20.2 Å². The number of carbonyl (C=O) groups is 1. The van der Waals surface area contributed by atoms with Gasteiger partial charge in [0.15, 0.2) is 0 Å². The fourth-order valence-corrected chi connectivity index (χ4v) is 1.59. The van der Waals surface area contributed by atoms with E-state index in [1.54, 1.807) is 0 Å². The van der Waals surface area contributed by atoms with Gasteiger partial charge in [-0.25, -0.2) is 5.53 Å². The maximum absolute atomic E-state index is 11.2. The maximum atomic E-state index is 11.2. The van der Waals surface area contributed by atoms with Gasteiger partial charge in [0, 0.05) is 17.7 Å². The van der Waals surface area contributed by atoms with Crippen LogP contribution in [0.15, 0.2) is 28.5 Å². The van der Waals surface area contributed by atoms with Crippen LogP contribution < -0.4 is 67.5 Å². The number of hydrogen-bond donors (Lipinski definition) is 2. The molecule has 1 heterocycles. The summed E-state index contributed by atoms with van der Waals surface area (Å²) in [6.45, 7) is 0. The van der Waals surface area contributed by atoms with Crippen molar-refractivity contribution in [1.82, 2.24) is 11.0 Å². The zero-order valence-corrected chi connectivity index (χ0v) is 13.6. The number of carbonyl (C=O) groups excluding carboxylic acids is 1. The van der Waals surface area contributed by atoms with Crippen LogP contribution in [0.25, 0.3) is 0 Å².